The SMILES string of the molecule is CCc1ccccc1CNC(C)c1cc(C)ccc1OC. The third-order valence-electron chi connectivity index (χ3n) is 3.95. The van der Waals surface area contributed by atoms with Crippen LogP contribution in [0.2, 0.25) is 0 Å². The van der Waals surface area contributed by atoms with E-state index in [1.807, 2.05) is 6.07 Å². The zero-order valence-electron chi connectivity index (χ0n) is 13.4. The Bertz CT molecular complexity index is 592. The maximum absolute atomic E-state index is 5.48. The van der Waals surface area contributed by atoms with Crippen molar-refractivity contribution in [2.45, 2.75) is 39.8 Å². The highest BCUT2D eigenvalue weighted by molar-refractivity contribution is 5.39. The molecule has 0 aliphatic heterocycles. The summed E-state index contributed by atoms with van der Waals surface area (Å²) in [5, 5.41) is 3.61. The van der Waals surface area contributed by atoms with Gasteiger partial charge in [-0.15, -0.1) is 0 Å². The molecule has 0 bridgehead atoms. The lowest BCUT2D eigenvalue weighted by Crippen LogP contribution is -2.19. The number of benzene rings is 2. The van der Waals surface area contributed by atoms with Crippen molar-refractivity contribution >= 4 is 0 Å². The molecule has 2 heteroatoms. The first kappa shape index (κ1) is 15.6. The maximum atomic E-state index is 5.48. The number of nitrogens with one attached hydrogen (secondary N) is 1. The minimum atomic E-state index is 0.254. The number of hydrogen-bond donors (Lipinski definition) is 1. The van der Waals surface area contributed by atoms with Gasteiger partial charge in [0.1, 0.15) is 5.75 Å². The molecule has 2 aromatic rings. The molecule has 1 unspecified atom stereocenters. The molecule has 0 amide bonds. The zero-order chi connectivity index (χ0) is 15.2. The summed E-state index contributed by atoms with van der Waals surface area (Å²) in [4.78, 5) is 0. The number of ether oxygens (including phenoxy) is 1. The molecule has 2 rings (SSSR count). The molecule has 2 nitrogen and oxygen atoms in total. The topological polar surface area (TPSA) is 21.3 Å². The van der Waals surface area contributed by atoms with Gasteiger partial charge in [0.15, 0.2) is 0 Å². The van der Waals surface area contributed by atoms with Gasteiger partial charge in [-0.1, -0.05) is 48.9 Å². The van der Waals surface area contributed by atoms with Crippen LogP contribution in [-0.2, 0) is 13.0 Å². The third kappa shape index (κ3) is 3.85. The van der Waals surface area contributed by atoms with E-state index in [0.717, 1.165) is 18.7 Å². The second-order valence-corrected chi connectivity index (χ2v) is 5.47. The Hall–Kier alpha value is -1.80. The van der Waals surface area contributed by atoms with E-state index in [2.05, 4.69) is 62.5 Å². The minimum Gasteiger partial charge on any atom is -0.496 e. The summed E-state index contributed by atoms with van der Waals surface area (Å²) in [6.45, 7) is 7.38. The van der Waals surface area contributed by atoms with Crippen LogP contribution in [0, 0.1) is 6.92 Å². The Morgan fingerprint density at radius 3 is 2.48 bits per heavy atom. The van der Waals surface area contributed by atoms with E-state index >= 15 is 0 Å². The molecule has 0 heterocycles. The largest absolute Gasteiger partial charge is 0.496 e. The van der Waals surface area contributed by atoms with Crippen LogP contribution in [0.4, 0.5) is 0 Å². The Morgan fingerprint density at radius 2 is 1.81 bits per heavy atom. The van der Waals surface area contributed by atoms with E-state index in [9.17, 15) is 0 Å². The average molecular weight is 283 g/mol. The van der Waals surface area contributed by atoms with E-state index in [-0.39, 0.29) is 6.04 Å². The number of hydrogen-bond acceptors (Lipinski definition) is 2. The van der Waals surface area contributed by atoms with Gasteiger partial charge in [-0.05, 0) is 37.5 Å². The smallest absolute Gasteiger partial charge is 0.123 e. The molecule has 0 saturated carbocycles. The predicted octanol–water partition coefficient (Wildman–Crippen LogP) is 4.42. The molecule has 0 radical (unpaired) electrons. The number of aryl methyl sites for hydroxylation is 2. The summed E-state index contributed by atoms with van der Waals surface area (Å²) in [7, 11) is 1.73. The molecular formula is C19H25NO. The molecule has 21 heavy (non-hydrogen) atoms. The van der Waals surface area contributed by atoms with Crippen molar-refractivity contribution in [2.24, 2.45) is 0 Å². The van der Waals surface area contributed by atoms with Crippen LogP contribution in [0.5, 0.6) is 5.75 Å². The van der Waals surface area contributed by atoms with Crippen LogP contribution in [-0.4, -0.2) is 7.11 Å². The molecule has 0 fully saturated rings. The second kappa shape index (κ2) is 7.28. The summed E-state index contributed by atoms with van der Waals surface area (Å²) in [6.07, 6.45) is 1.07. The van der Waals surface area contributed by atoms with Gasteiger partial charge in [-0.2, -0.15) is 0 Å². The van der Waals surface area contributed by atoms with Gasteiger partial charge in [0.05, 0.1) is 7.11 Å². The highest BCUT2D eigenvalue weighted by Crippen LogP contribution is 2.26. The fourth-order valence-electron chi connectivity index (χ4n) is 2.64. The normalized spacial score (nSPS) is 12.2. The molecule has 112 valence electrons. The van der Waals surface area contributed by atoms with E-state index in [0.29, 0.717) is 0 Å². The molecule has 0 aliphatic carbocycles. The summed E-state index contributed by atoms with van der Waals surface area (Å²) in [5.41, 5.74) is 5.26. The van der Waals surface area contributed by atoms with Crippen LogP contribution >= 0.6 is 0 Å². The van der Waals surface area contributed by atoms with Gasteiger partial charge in [0, 0.05) is 18.2 Å². The Labute approximate surface area is 128 Å². The third-order valence-corrected chi connectivity index (χ3v) is 3.95. The van der Waals surface area contributed by atoms with Gasteiger partial charge in [0.2, 0.25) is 0 Å². The van der Waals surface area contributed by atoms with Gasteiger partial charge in [-0.3, -0.25) is 0 Å². The van der Waals surface area contributed by atoms with Crippen molar-refractivity contribution in [3.8, 4) is 5.75 Å². The quantitative estimate of drug-likeness (QED) is 0.847. The first-order chi connectivity index (χ1) is 10.2. The van der Waals surface area contributed by atoms with Gasteiger partial charge in [-0.25, -0.2) is 0 Å². The summed E-state index contributed by atoms with van der Waals surface area (Å²) in [5.74, 6) is 0.948. The monoisotopic (exact) mass is 283 g/mol. The van der Waals surface area contributed by atoms with Crippen LogP contribution < -0.4 is 10.1 Å². The fraction of sp³-hybridized carbons (Fsp3) is 0.368. The number of methoxy groups -OCH3 is 1. The molecule has 0 aliphatic rings. The molecule has 0 spiro atoms. The van der Waals surface area contributed by atoms with Gasteiger partial charge < -0.3 is 10.1 Å². The summed E-state index contributed by atoms with van der Waals surface area (Å²) >= 11 is 0. The Kier molecular flexibility index (Phi) is 5.40. The lowest BCUT2D eigenvalue weighted by Gasteiger charge is -2.19. The molecule has 2 aromatic carbocycles. The minimum absolute atomic E-state index is 0.254. The standard InChI is InChI=1S/C19H25NO/c1-5-16-8-6-7-9-17(16)13-20-15(3)18-12-14(2)10-11-19(18)21-4/h6-12,15,20H,5,13H2,1-4H3. The molecule has 1 N–H and O–H groups in total. The number of rotatable bonds is 6. The van der Waals surface area contributed by atoms with E-state index in [4.69, 9.17) is 4.74 Å². The zero-order valence-corrected chi connectivity index (χ0v) is 13.4. The first-order valence-electron chi connectivity index (χ1n) is 7.60. The van der Waals surface area contributed by atoms with E-state index in [1.165, 1.54) is 22.3 Å². The molecular weight excluding hydrogens is 258 g/mol. The second-order valence-electron chi connectivity index (χ2n) is 5.47. The Balaban J connectivity index is 2.11. The average Bonchev–Trinajstić information content (AvgIpc) is 2.52. The van der Waals surface area contributed by atoms with Gasteiger partial charge >= 0.3 is 0 Å². The predicted molar refractivity (Wildman–Crippen MR) is 88.8 cm³/mol. The van der Waals surface area contributed by atoms with Crippen LogP contribution in [0.1, 0.15) is 42.1 Å². The van der Waals surface area contributed by atoms with Crippen molar-refractivity contribution in [2.75, 3.05) is 7.11 Å². The van der Waals surface area contributed by atoms with E-state index < -0.39 is 0 Å². The highest BCUT2D eigenvalue weighted by Gasteiger charge is 2.11. The summed E-state index contributed by atoms with van der Waals surface area (Å²) in [6, 6.07) is 15.2. The fourth-order valence-corrected chi connectivity index (χ4v) is 2.64. The van der Waals surface area contributed by atoms with E-state index in [1.54, 1.807) is 7.11 Å². The van der Waals surface area contributed by atoms with Crippen molar-refractivity contribution in [3.05, 3.63) is 64.7 Å². The summed E-state index contributed by atoms with van der Waals surface area (Å²) < 4.78 is 5.48. The van der Waals surface area contributed by atoms with Crippen molar-refractivity contribution in [3.63, 3.8) is 0 Å². The first-order valence-corrected chi connectivity index (χ1v) is 7.60. The van der Waals surface area contributed by atoms with Crippen LogP contribution in [0.15, 0.2) is 42.5 Å². The maximum Gasteiger partial charge on any atom is 0.123 e. The van der Waals surface area contributed by atoms with Crippen LogP contribution in [0.3, 0.4) is 0 Å². The van der Waals surface area contributed by atoms with Crippen molar-refractivity contribution < 1.29 is 4.74 Å². The Morgan fingerprint density at radius 1 is 1.10 bits per heavy atom. The lowest BCUT2D eigenvalue weighted by atomic mass is 10.0. The molecule has 0 aromatic heterocycles. The molecule has 0 saturated heterocycles. The molecule has 1 atom stereocenters. The van der Waals surface area contributed by atoms with Crippen molar-refractivity contribution in [1.82, 2.24) is 5.32 Å². The van der Waals surface area contributed by atoms with Crippen LogP contribution in [0.25, 0.3) is 0 Å². The lowest BCUT2D eigenvalue weighted by molar-refractivity contribution is 0.401. The van der Waals surface area contributed by atoms with Crippen molar-refractivity contribution in [1.29, 1.82) is 0 Å². The van der Waals surface area contributed by atoms with Gasteiger partial charge in [0.25, 0.3) is 0 Å². The highest BCUT2D eigenvalue weighted by atomic mass is 16.5.